The van der Waals surface area contributed by atoms with Gasteiger partial charge in [0.15, 0.2) is 5.58 Å². The molecule has 1 unspecified atom stereocenters. The van der Waals surface area contributed by atoms with Gasteiger partial charge in [-0.1, -0.05) is 24.3 Å². The molecule has 7 nitrogen and oxygen atoms in total. The van der Waals surface area contributed by atoms with Crippen molar-refractivity contribution >= 4 is 23.0 Å². The van der Waals surface area contributed by atoms with Gasteiger partial charge in [-0.15, -0.1) is 0 Å². The Morgan fingerprint density at radius 2 is 1.89 bits per heavy atom. The number of nitrogens with one attached hydrogen (secondary N) is 1. The number of amides is 1. The van der Waals surface area contributed by atoms with E-state index in [1.165, 1.54) is 35.9 Å². The van der Waals surface area contributed by atoms with Crippen LogP contribution < -0.4 is 11.1 Å². The largest absolute Gasteiger partial charge is 0.469 e. The first kappa shape index (κ1) is 18.4. The number of hydrogen-bond donors (Lipinski definition) is 1. The number of aromatic nitrogens is 1. The van der Waals surface area contributed by atoms with Crippen LogP contribution in [-0.2, 0) is 20.9 Å². The van der Waals surface area contributed by atoms with Crippen LogP contribution in [0.1, 0.15) is 18.0 Å². The minimum atomic E-state index is -0.723. The lowest BCUT2D eigenvalue weighted by Crippen LogP contribution is -2.34. The average molecular weight is 372 g/mol. The number of carbonyl (C=O) groups excluding carboxylic acids is 2. The predicted octanol–water partition coefficient (Wildman–Crippen LogP) is 2.15. The zero-order chi connectivity index (χ0) is 19.4. The van der Waals surface area contributed by atoms with Crippen molar-refractivity contribution in [3.8, 4) is 0 Å². The molecule has 1 N–H and O–H groups in total. The molecule has 3 aromatic rings. The second-order valence-electron chi connectivity index (χ2n) is 5.87. The van der Waals surface area contributed by atoms with E-state index in [4.69, 9.17) is 4.42 Å². The Hall–Kier alpha value is -3.42. The maximum Gasteiger partial charge on any atom is 0.420 e. The maximum atomic E-state index is 13.2. The van der Waals surface area contributed by atoms with E-state index in [0.29, 0.717) is 16.7 Å². The van der Waals surface area contributed by atoms with E-state index in [-0.39, 0.29) is 13.0 Å². The van der Waals surface area contributed by atoms with Gasteiger partial charge in [0.2, 0.25) is 5.91 Å². The van der Waals surface area contributed by atoms with Gasteiger partial charge >= 0.3 is 11.7 Å². The van der Waals surface area contributed by atoms with Gasteiger partial charge in [0.05, 0.1) is 25.1 Å². The Bertz CT molecular complexity index is 1020. The van der Waals surface area contributed by atoms with Gasteiger partial charge in [-0.05, 0) is 29.8 Å². The van der Waals surface area contributed by atoms with Crippen LogP contribution in [0, 0.1) is 5.82 Å². The van der Waals surface area contributed by atoms with Gasteiger partial charge in [0.25, 0.3) is 0 Å². The number of benzene rings is 2. The molecular formula is C19H17FN2O5. The average Bonchev–Trinajstić information content (AvgIpc) is 2.97. The predicted molar refractivity (Wildman–Crippen MR) is 94.4 cm³/mol. The van der Waals surface area contributed by atoms with Crippen molar-refractivity contribution in [2.24, 2.45) is 0 Å². The monoisotopic (exact) mass is 372 g/mol. The van der Waals surface area contributed by atoms with Crippen LogP contribution in [0.2, 0.25) is 0 Å². The highest BCUT2D eigenvalue weighted by Gasteiger charge is 2.20. The fourth-order valence-electron chi connectivity index (χ4n) is 2.74. The lowest BCUT2D eigenvalue weighted by atomic mass is 10.0. The molecule has 0 bridgehead atoms. The number of hydrogen-bond acceptors (Lipinski definition) is 5. The summed E-state index contributed by atoms with van der Waals surface area (Å²) in [6.07, 6.45) is -0.130. The summed E-state index contributed by atoms with van der Waals surface area (Å²) in [7, 11) is 1.24. The number of methoxy groups -OCH3 is 1. The number of halogens is 1. The van der Waals surface area contributed by atoms with E-state index in [9.17, 15) is 18.8 Å². The number of nitrogens with zero attached hydrogens (tertiary/aromatic N) is 1. The highest BCUT2D eigenvalue weighted by molar-refractivity contribution is 5.80. The fourth-order valence-corrected chi connectivity index (χ4v) is 2.74. The van der Waals surface area contributed by atoms with Gasteiger partial charge < -0.3 is 14.5 Å². The molecule has 140 valence electrons. The molecular weight excluding hydrogens is 355 g/mol. The van der Waals surface area contributed by atoms with E-state index >= 15 is 0 Å². The SMILES string of the molecule is COC(=O)CC(NC(=O)Cn1c(=O)oc2ccccc21)c1ccc(F)cc1. The molecule has 0 fully saturated rings. The summed E-state index contributed by atoms with van der Waals surface area (Å²) < 4.78 is 24.1. The standard InChI is InChI=1S/C19H17FN2O5/c1-26-18(24)10-14(12-6-8-13(20)9-7-12)21-17(23)11-22-15-4-2-3-5-16(15)27-19(22)25/h2-9,14H,10-11H2,1H3,(H,21,23). The second kappa shape index (κ2) is 7.86. The highest BCUT2D eigenvalue weighted by Crippen LogP contribution is 2.18. The molecule has 1 atom stereocenters. The molecule has 0 aliphatic heterocycles. The van der Waals surface area contributed by atoms with Gasteiger partial charge in [-0.2, -0.15) is 0 Å². The lowest BCUT2D eigenvalue weighted by molar-refractivity contribution is -0.141. The lowest BCUT2D eigenvalue weighted by Gasteiger charge is -2.18. The highest BCUT2D eigenvalue weighted by atomic mass is 19.1. The van der Waals surface area contributed by atoms with Gasteiger partial charge in [0, 0.05) is 0 Å². The number of carbonyl (C=O) groups is 2. The molecule has 2 aromatic carbocycles. The normalized spacial score (nSPS) is 11.9. The van der Waals surface area contributed by atoms with Crippen molar-refractivity contribution in [1.82, 2.24) is 9.88 Å². The molecule has 1 heterocycles. The van der Waals surface area contributed by atoms with Gasteiger partial charge in [-0.25, -0.2) is 9.18 Å². The van der Waals surface area contributed by atoms with Crippen molar-refractivity contribution in [3.63, 3.8) is 0 Å². The summed E-state index contributed by atoms with van der Waals surface area (Å²) in [5.41, 5.74) is 1.41. The zero-order valence-electron chi connectivity index (χ0n) is 14.5. The van der Waals surface area contributed by atoms with Crippen LogP contribution in [0.3, 0.4) is 0 Å². The van der Waals surface area contributed by atoms with Crippen molar-refractivity contribution in [1.29, 1.82) is 0 Å². The summed E-state index contributed by atoms with van der Waals surface area (Å²) in [6.45, 7) is -0.283. The van der Waals surface area contributed by atoms with Crippen LogP contribution in [-0.4, -0.2) is 23.6 Å². The van der Waals surface area contributed by atoms with Crippen LogP contribution in [0.5, 0.6) is 0 Å². The van der Waals surface area contributed by atoms with E-state index in [1.807, 2.05) is 0 Å². The van der Waals surface area contributed by atoms with E-state index in [0.717, 1.165) is 0 Å². The first-order valence-corrected chi connectivity index (χ1v) is 8.18. The molecule has 0 spiro atoms. The molecule has 0 aliphatic carbocycles. The summed E-state index contributed by atoms with van der Waals surface area (Å²) in [4.78, 5) is 36.2. The van der Waals surface area contributed by atoms with Crippen molar-refractivity contribution in [2.45, 2.75) is 19.0 Å². The Labute approximate surface area is 153 Å². The molecule has 0 saturated carbocycles. The number of esters is 1. The number of oxazole rings is 1. The summed E-state index contributed by atoms with van der Waals surface area (Å²) in [5.74, 6) is -2.12. The molecule has 1 aromatic heterocycles. The number of fused-ring (bicyclic) bond motifs is 1. The van der Waals surface area contributed by atoms with Crippen molar-refractivity contribution < 1.29 is 23.1 Å². The fraction of sp³-hybridized carbons (Fsp3) is 0.211. The third kappa shape index (κ3) is 4.22. The van der Waals surface area contributed by atoms with Crippen LogP contribution >= 0.6 is 0 Å². The zero-order valence-corrected chi connectivity index (χ0v) is 14.5. The first-order chi connectivity index (χ1) is 13.0. The van der Waals surface area contributed by atoms with E-state index in [1.54, 1.807) is 24.3 Å². The van der Waals surface area contributed by atoms with Gasteiger partial charge in [0.1, 0.15) is 12.4 Å². The molecule has 0 radical (unpaired) electrons. The topological polar surface area (TPSA) is 90.5 Å². The third-order valence-corrected chi connectivity index (χ3v) is 4.08. The van der Waals surface area contributed by atoms with Gasteiger partial charge in [-0.3, -0.25) is 14.2 Å². The smallest absolute Gasteiger partial charge is 0.420 e. The first-order valence-electron chi connectivity index (χ1n) is 8.18. The molecule has 8 heteroatoms. The molecule has 0 aliphatic rings. The van der Waals surface area contributed by atoms with Crippen molar-refractivity contribution in [3.05, 3.63) is 70.5 Å². The molecule has 3 rings (SSSR count). The Kier molecular flexibility index (Phi) is 5.35. The Balaban J connectivity index is 1.81. The summed E-state index contributed by atoms with van der Waals surface area (Å²) in [5, 5.41) is 2.68. The Morgan fingerprint density at radius 3 is 2.59 bits per heavy atom. The van der Waals surface area contributed by atoms with Crippen LogP contribution in [0.15, 0.2) is 57.7 Å². The number of rotatable bonds is 6. The van der Waals surface area contributed by atoms with Crippen molar-refractivity contribution in [2.75, 3.05) is 7.11 Å². The minimum Gasteiger partial charge on any atom is -0.469 e. The minimum absolute atomic E-state index is 0.130. The quantitative estimate of drug-likeness (QED) is 0.670. The van der Waals surface area contributed by atoms with Crippen LogP contribution in [0.4, 0.5) is 4.39 Å². The molecule has 0 saturated heterocycles. The molecule has 27 heavy (non-hydrogen) atoms. The Morgan fingerprint density at radius 1 is 1.19 bits per heavy atom. The van der Waals surface area contributed by atoms with E-state index in [2.05, 4.69) is 10.1 Å². The van der Waals surface area contributed by atoms with E-state index < -0.39 is 29.5 Å². The summed E-state index contributed by atoms with van der Waals surface area (Å²) >= 11 is 0. The van der Waals surface area contributed by atoms with Crippen LogP contribution in [0.25, 0.3) is 11.1 Å². The number of ether oxygens (including phenoxy) is 1. The summed E-state index contributed by atoms with van der Waals surface area (Å²) in [6, 6.07) is 11.4. The third-order valence-electron chi connectivity index (χ3n) is 4.08. The molecule has 1 amide bonds. The number of para-hydroxylation sites is 2. The maximum absolute atomic E-state index is 13.2. The second-order valence-corrected chi connectivity index (χ2v) is 5.87.